The van der Waals surface area contributed by atoms with Gasteiger partial charge in [0, 0.05) is 6.54 Å². The van der Waals surface area contributed by atoms with Crippen LogP contribution >= 0.6 is 0 Å². The van der Waals surface area contributed by atoms with Crippen LogP contribution in [0.4, 0.5) is 0 Å². The maximum atomic E-state index is 11.1. The van der Waals surface area contributed by atoms with Gasteiger partial charge in [0.2, 0.25) is 0 Å². The van der Waals surface area contributed by atoms with Gasteiger partial charge in [-0.1, -0.05) is 0 Å². The number of rotatable bonds is 9. The average Bonchev–Trinajstić information content (AvgIpc) is 2.85. The molecule has 0 aliphatic carbocycles. The number of aliphatic hydroxyl groups is 1. The van der Waals surface area contributed by atoms with Crippen molar-refractivity contribution in [3.63, 3.8) is 0 Å². The van der Waals surface area contributed by atoms with Gasteiger partial charge < -0.3 is 25.5 Å². The van der Waals surface area contributed by atoms with E-state index in [2.05, 4.69) is 10.2 Å². The topological polar surface area (TPSA) is 110 Å². The SMILES string of the molecule is O=C(O)[C@H](CCN1CCCC1)NCC[C@H](O)C(=O)O. The third kappa shape index (κ3) is 6.00. The zero-order chi connectivity index (χ0) is 14.3. The minimum Gasteiger partial charge on any atom is -0.480 e. The van der Waals surface area contributed by atoms with Crippen molar-refractivity contribution in [1.29, 1.82) is 0 Å². The van der Waals surface area contributed by atoms with E-state index in [1.807, 2.05) is 0 Å². The summed E-state index contributed by atoms with van der Waals surface area (Å²) in [4.78, 5) is 23.7. The van der Waals surface area contributed by atoms with Gasteiger partial charge in [0.1, 0.15) is 6.04 Å². The standard InChI is InChI=1S/C12H22N2O5/c15-10(12(18)19)3-5-13-9(11(16)17)4-8-14-6-1-2-7-14/h9-10,13,15H,1-8H2,(H,16,17)(H,18,19)/t9-,10-/m0/s1. The first kappa shape index (κ1) is 15.9. The van der Waals surface area contributed by atoms with Crippen LogP contribution < -0.4 is 5.32 Å². The van der Waals surface area contributed by atoms with E-state index in [9.17, 15) is 9.59 Å². The van der Waals surface area contributed by atoms with Crippen LogP contribution in [-0.4, -0.2) is 70.5 Å². The summed E-state index contributed by atoms with van der Waals surface area (Å²) in [5.41, 5.74) is 0. The summed E-state index contributed by atoms with van der Waals surface area (Å²) >= 11 is 0. The van der Waals surface area contributed by atoms with Crippen LogP contribution in [0.1, 0.15) is 25.7 Å². The lowest BCUT2D eigenvalue weighted by molar-refractivity contribution is -0.146. The first-order valence-electron chi connectivity index (χ1n) is 6.60. The van der Waals surface area contributed by atoms with Gasteiger partial charge in [0.05, 0.1) is 0 Å². The monoisotopic (exact) mass is 274 g/mol. The van der Waals surface area contributed by atoms with Crippen molar-refractivity contribution >= 4 is 11.9 Å². The Morgan fingerprint density at radius 1 is 1.11 bits per heavy atom. The van der Waals surface area contributed by atoms with Crippen LogP contribution in [0.2, 0.25) is 0 Å². The van der Waals surface area contributed by atoms with Crippen LogP contribution in [0, 0.1) is 0 Å². The van der Waals surface area contributed by atoms with Gasteiger partial charge >= 0.3 is 11.9 Å². The summed E-state index contributed by atoms with van der Waals surface area (Å²) in [6.45, 7) is 2.93. The van der Waals surface area contributed by atoms with E-state index in [1.165, 1.54) is 0 Å². The molecule has 0 radical (unpaired) electrons. The molecule has 0 aromatic carbocycles. The van der Waals surface area contributed by atoms with Crippen molar-refractivity contribution in [1.82, 2.24) is 10.2 Å². The van der Waals surface area contributed by atoms with Gasteiger partial charge in [0.15, 0.2) is 6.10 Å². The molecule has 1 heterocycles. The summed E-state index contributed by atoms with van der Waals surface area (Å²) in [5.74, 6) is -2.23. The summed E-state index contributed by atoms with van der Waals surface area (Å²) in [7, 11) is 0. The predicted molar refractivity (Wildman–Crippen MR) is 68.0 cm³/mol. The molecule has 0 aromatic heterocycles. The van der Waals surface area contributed by atoms with Crippen LogP contribution in [0.3, 0.4) is 0 Å². The predicted octanol–water partition coefficient (Wildman–Crippen LogP) is -0.649. The molecule has 0 bridgehead atoms. The third-order valence-electron chi connectivity index (χ3n) is 3.32. The zero-order valence-corrected chi connectivity index (χ0v) is 10.9. The van der Waals surface area contributed by atoms with E-state index < -0.39 is 24.1 Å². The number of likely N-dealkylation sites (tertiary alicyclic amines) is 1. The number of nitrogens with one attached hydrogen (secondary N) is 1. The van der Waals surface area contributed by atoms with Crippen molar-refractivity contribution in [2.45, 2.75) is 37.8 Å². The molecule has 1 aliphatic rings. The largest absolute Gasteiger partial charge is 0.480 e. The van der Waals surface area contributed by atoms with Crippen molar-refractivity contribution in [2.75, 3.05) is 26.2 Å². The van der Waals surface area contributed by atoms with E-state index in [0.717, 1.165) is 32.5 Å². The number of aliphatic hydroxyl groups excluding tert-OH is 1. The second-order valence-corrected chi connectivity index (χ2v) is 4.83. The lowest BCUT2D eigenvalue weighted by atomic mass is 10.2. The lowest BCUT2D eigenvalue weighted by Gasteiger charge is -2.19. The number of aliphatic carboxylic acids is 2. The smallest absolute Gasteiger partial charge is 0.332 e. The quantitative estimate of drug-likeness (QED) is 0.442. The lowest BCUT2D eigenvalue weighted by Crippen LogP contribution is -2.41. The molecule has 1 saturated heterocycles. The number of carbonyl (C=O) groups is 2. The Hall–Kier alpha value is -1.18. The highest BCUT2D eigenvalue weighted by Crippen LogP contribution is 2.08. The van der Waals surface area contributed by atoms with Crippen molar-refractivity contribution < 1.29 is 24.9 Å². The summed E-state index contributed by atoms with van der Waals surface area (Å²) in [5, 5.41) is 29.4. The van der Waals surface area contributed by atoms with E-state index in [4.69, 9.17) is 15.3 Å². The number of carboxylic acid groups (broad SMARTS) is 2. The Balaban J connectivity index is 2.23. The molecule has 0 unspecified atom stereocenters. The molecule has 7 heteroatoms. The van der Waals surface area contributed by atoms with Crippen LogP contribution in [-0.2, 0) is 9.59 Å². The minimum absolute atomic E-state index is 0.00281. The Morgan fingerprint density at radius 3 is 2.26 bits per heavy atom. The summed E-state index contributed by atoms with van der Waals surface area (Å²) in [6.07, 6.45) is 1.37. The number of hydrogen-bond acceptors (Lipinski definition) is 5. The van der Waals surface area contributed by atoms with E-state index >= 15 is 0 Å². The first-order valence-corrected chi connectivity index (χ1v) is 6.60. The second-order valence-electron chi connectivity index (χ2n) is 4.83. The molecule has 4 N–H and O–H groups in total. The fourth-order valence-electron chi connectivity index (χ4n) is 2.15. The molecule has 0 amide bonds. The molecule has 0 spiro atoms. The molecule has 19 heavy (non-hydrogen) atoms. The third-order valence-corrected chi connectivity index (χ3v) is 3.32. The molecule has 2 atom stereocenters. The van der Waals surface area contributed by atoms with Crippen LogP contribution in [0.15, 0.2) is 0 Å². The van der Waals surface area contributed by atoms with Gasteiger partial charge in [-0.2, -0.15) is 0 Å². The van der Waals surface area contributed by atoms with Crippen molar-refractivity contribution in [3.05, 3.63) is 0 Å². The van der Waals surface area contributed by atoms with Gasteiger partial charge in [-0.25, -0.2) is 4.79 Å². The molecule has 0 aromatic rings. The molecule has 7 nitrogen and oxygen atoms in total. The highest BCUT2D eigenvalue weighted by molar-refractivity contribution is 5.73. The highest BCUT2D eigenvalue weighted by Gasteiger charge is 2.20. The Labute approximate surface area is 112 Å². The summed E-state index contributed by atoms with van der Waals surface area (Å²) < 4.78 is 0. The van der Waals surface area contributed by atoms with Gasteiger partial charge in [0.25, 0.3) is 0 Å². The fourth-order valence-corrected chi connectivity index (χ4v) is 2.15. The van der Waals surface area contributed by atoms with E-state index in [-0.39, 0.29) is 13.0 Å². The molecular weight excluding hydrogens is 252 g/mol. The normalized spacial score (nSPS) is 19.2. The van der Waals surface area contributed by atoms with Crippen molar-refractivity contribution in [3.8, 4) is 0 Å². The number of hydrogen-bond donors (Lipinski definition) is 4. The fraction of sp³-hybridized carbons (Fsp3) is 0.833. The number of carboxylic acids is 2. The van der Waals surface area contributed by atoms with E-state index in [1.54, 1.807) is 0 Å². The first-order chi connectivity index (χ1) is 9.00. The molecular formula is C12H22N2O5. The van der Waals surface area contributed by atoms with Crippen LogP contribution in [0.5, 0.6) is 0 Å². The Kier molecular flexibility index (Phi) is 6.75. The van der Waals surface area contributed by atoms with Gasteiger partial charge in [-0.3, -0.25) is 4.79 Å². The molecule has 0 saturated carbocycles. The molecule has 110 valence electrons. The second kappa shape index (κ2) is 8.08. The van der Waals surface area contributed by atoms with Crippen LogP contribution in [0.25, 0.3) is 0 Å². The maximum Gasteiger partial charge on any atom is 0.332 e. The summed E-state index contributed by atoms with van der Waals surface area (Å²) in [6, 6.07) is -0.693. The van der Waals surface area contributed by atoms with Gasteiger partial charge in [-0.05, 0) is 45.3 Å². The molecule has 1 aliphatic heterocycles. The molecule has 1 fully saturated rings. The van der Waals surface area contributed by atoms with E-state index in [0.29, 0.717) is 6.42 Å². The Bertz CT molecular complexity index is 304. The maximum absolute atomic E-state index is 11.1. The average molecular weight is 274 g/mol. The molecule has 1 rings (SSSR count). The minimum atomic E-state index is -1.44. The Morgan fingerprint density at radius 2 is 1.74 bits per heavy atom. The van der Waals surface area contributed by atoms with Gasteiger partial charge in [-0.15, -0.1) is 0 Å². The highest BCUT2D eigenvalue weighted by atomic mass is 16.4. The van der Waals surface area contributed by atoms with Crippen molar-refractivity contribution in [2.24, 2.45) is 0 Å². The zero-order valence-electron chi connectivity index (χ0n) is 10.9. The number of nitrogens with zero attached hydrogens (tertiary/aromatic N) is 1.